The minimum Gasteiger partial charge on any atom is -0.329 e. The van der Waals surface area contributed by atoms with Gasteiger partial charge >= 0.3 is 0 Å². The van der Waals surface area contributed by atoms with Gasteiger partial charge in [0.05, 0.1) is 6.67 Å². The Morgan fingerprint density at radius 2 is 1.64 bits per heavy atom. The largest absolute Gasteiger partial charge is 0.329 e. The van der Waals surface area contributed by atoms with E-state index in [1.807, 2.05) is 0 Å². The summed E-state index contributed by atoms with van der Waals surface area (Å²) in [4.78, 5) is 4.76. The molecule has 0 bridgehead atoms. The maximum Gasteiger partial charge on any atom is 0.0906 e. The maximum absolute atomic E-state index is 12.0. The number of nitrogens with zero attached hydrogens (tertiary/aromatic N) is 2. The third-order valence-corrected chi connectivity index (χ3v) is 2.73. The first-order valence-corrected chi connectivity index (χ1v) is 5.57. The molecular weight excluding hydrogens is 181 g/mol. The van der Waals surface area contributed by atoms with E-state index in [0.29, 0.717) is 6.42 Å². The molecule has 2 N–H and O–H groups in total. The van der Waals surface area contributed by atoms with Gasteiger partial charge in [-0.05, 0) is 25.9 Å². The summed E-state index contributed by atoms with van der Waals surface area (Å²) < 4.78 is 12.0. The lowest BCUT2D eigenvalue weighted by molar-refractivity contribution is 0.251. The first-order valence-electron chi connectivity index (χ1n) is 5.57. The Kier molecular flexibility index (Phi) is 6.07. The Hall–Kier alpha value is -0.190. The molecule has 1 heterocycles. The number of hydrogen-bond acceptors (Lipinski definition) is 3. The molecule has 1 saturated heterocycles. The highest BCUT2D eigenvalue weighted by atomic mass is 19.1. The molecule has 14 heavy (non-hydrogen) atoms. The maximum atomic E-state index is 12.0. The molecule has 1 rings (SSSR count). The predicted octanol–water partition coefficient (Wildman–Crippen LogP) is 0.312. The molecule has 0 aromatic heterocycles. The molecule has 84 valence electrons. The van der Waals surface area contributed by atoms with Crippen molar-refractivity contribution in [1.82, 2.24) is 9.80 Å². The fourth-order valence-corrected chi connectivity index (χ4v) is 1.94. The molecule has 0 saturated carbocycles. The van der Waals surface area contributed by atoms with Crippen LogP contribution in [0.15, 0.2) is 0 Å². The van der Waals surface area contributed by atoms with Crippen molar-refractivity contribution < 1.29 is 4.39 Å². The summed E-state index contributed by atoms with van der Waals surface area (Å²) >= 11 is 0. The number of alkyl halides is 1. The molecule has 0 amide bonds. The molecule has 3 nitrogen and oxygen atoms in total. The number of nitrogens with two attached hydrogens (primary N) is 1. The van der Waals surface area contributed by atoms with E-state index in [2.05, 4.69) is 9.80 Å². The average Bonchev–Trinajstić information content (AvgIpc) is 2.41. The van der Waals surface area contributed by atoms with Crippen LogP contribution in [-0.2, 0) is 0 Å². The van der Waals surface area contributed by atoms with E-state index in [1.54, 1.807) is 0 Å². The fraction of sp³-hybridized carbons (Fsp3) is 1.00. The summed E-state index contributed by atoms with van der Waals surface area (Å²) in [5, 5.41) is 0. The van der Waals surface area contributed by atoms with E-state index in [4.69, 9.17) is 5.73 Å². The van der Waals surface area contributed by atoms with Crippen LogP contribution in [0.3, 0.4) is 0 Å². The van der Waals surface area contributed by atoms with Crippen LogP contribution >= 0.6 is 0 Å². The second-order valence-electron chi connectivity index (χ2n) is 3.87. The van der Waals surface area contributed by atoms with Crippen molar-refractivity contribution in [3.63, 3.8) is 0 Å². The lowest BCUT2D eigenvalue weighted by Crippen LogP contribution is -2.34. The zero-order chi connectivity index (χ0) is 10.2. The van der Waals surface area contributed by atoms with Gasteiger partial charge in [0.2, 0.25) is 0 Å². The van der Waals surface area contributed by atoms with Gasteiger partial charge in [-0.3, -0.25) is 4.39 Å². The van der Waals surface area contributed by atoms with Gasteiger partial charge in [-0.1, -0.05) is 0 Å². The Morgan fingerprint density at radius 1 is 1.00 bits per heavy atom. The first-order chi connectivity index (χ1) is 6.86. The normalized spacial score (nSPS) is 21.0. The summed E-state index contributed by atoms with van der Waals surface area (Å²) in [6.45, 7) is 6.87. The SMILES string of the molecule is NCCN1CCCN(CCCF)CC1. The predicted molar refractivity (Wildman–Crippen MR) is 57.1 cm³/mol. The van der Waals surface area contributed by atoms with Gasteiger partial charge in [0.1, 0.15) is 0 Å². The second kappa shape index (κ2) is 7.15. The molecule has 0 radical (unpaired) electrons. The Morgan fingerprint density at radius 3 is 2.21 bits per heavy atom. The van der Waals surface area contributed by atoms with Gasteiger partial charge in [-0.25, -0.2) is 0 Å². The molecular formula is C10H22FN3. The van der Waals surface area contributed by atoms with Crippen molar-refractivity contribution in [1.29, 1.82) is 0 Å². The van der Waals surface area contributed by atoms with Crippen molar-refractivity contribution >= 4 is 0 Å². The summed E-state index contributed by atoms with van der Waals surface area (Å²) in [5.74, 6) is 0. The van der Waals surface area contributed by atoms with E-state index in [1.165, 1.54) is 6.42 Å². The Balaban J connectivity index is 2.19. The molecule has 0 unspecified atom stereocenters. The molecule has 0 spiro atoms. The van der Waals surface area contributed by atoms with E-state index in [-0.39, 0.29) is 6.67 Å². The van der Waals surface area contributed by atoms with Crippen molar-refractivity contribution in [2.45, 2.75) is 12.8 Å². The zero-order valence-corrected chi connectivity index (χ0v) is 8.92. The van der Waals surface area contributed by atoms with Crippen LogP contribution in [0.2, 0.25) is 0 Å². The summed E-state index contributed by atoms with van der Waals surface area (Å²) in [5.41, 5.74) is 5.52. The topological polar surface area (TPSA) is 32.5 Å². The first kappa shape index (κ1) is 11.9. The molecule has 1 aliphatic rings. The van der Waals surface area contributed by atoms with E-state index >= 15 is 0 Å². The highest BCUT2D eigenvalue weighted by molar-refractivity contribution is 4.69. The lowest BCUT2D eigenvalue weighted by Gasteiger charge is -2.20. The second-order valence-corrected chi connectivity index (χ2v) is 3.87. The van der Waals surface area contributed by atoms with Gasteiger partial charge in [0.15, 0.2) is 0 Å². The molecule has 1 aliphatic heterocycles. The minimum atomic E-state index is -0.191. The number of hydrogen-bond donors (Lipinski definition) is 1. The van der Waals surface area contributed by atoms with E-state index in [0.717, 1.165) is 45.8 Å². The number of rotatable bonds is 5. The molecule has 1 fully saturated rings. The Labute approximate surface area is 86.0 Å². The third kappa shape index (κ3) is 4.35. The summed E-state index contributed by atoms with van der Waals surface area (Å²) in [7, 11) is 0. The summed E-state index contributed by atoms with van der Waals surface area (Å²) in [6.07, 6.45) is 1.86. The van der Waals surface area contributed by atoms with Crippen LogP contribution in [0.4, 0.5) is 4.39 Å². The average molecular weight is 203 g/mol. The van der Waals surface area contributed by atoms with Crippen LogP contribution in [-0.4, -0.2) is 62.3 Å². The number of halogens is 1. The van der Waals surface area contributed by atoms with Crippen molar-refractivity contribution in [2.75, 3.05) is 52.5 Å². The van der Waals surface area contributed by atoms with Gasteiger partial charge in [-0.15, -0.1) is 0 Å². The van der Waals surface area contributed by atoms with E-state index in [9.17, 15) is 4.39 Å². The van der Waals surface area contributed by atoms with Crippen molar-refractivity contribution in [3.05, 3.63) is 0 Å². The van der Waals surface area contributed by atoms with E-state index < -0.39 is 0 Å². The molecule has 0 aromatic rings. The third-order valence-electron chi connectivity index (χ3n) is 2.73. The molecule has 0 aliphatic carbocycles. The van der Waals surface area contributed by atoms with Gasteiger partial charge in [-0.2, -0.15) is 0 Å². The molecule has 0 aromatic carbocycles. The Bertz CT molecular complexity index is 143. The van der Waals surface area contributed by atoms with Crippen molar-refractivity contribution in [2.24, 2.45) is 5.73 Å². The van der Waals surface area contributed by atoms with Gasteiger partial charge in [0, 0.05) is 32.7 Å². The highest BCUT2D eigenvalue weighted by Crippen LogP contribution is 2.03. The van der Waals surface area contributed by atoms with Crippen LogP contribution < -0.4 is 5.73 Å². The smallest absolute Gasteiger partial charge is 0.0906 e. The minimum absolute atomic E-state index is 0.191. The van der Waals surface area contributed by atoms with Crippen molar-refractivity contribution in [3.8, 4) is 0 Å². The lowest BCUT2D eigenvalue weighted by atomic mass is 10.3. The van der Waals surface area contributed by atoms with Crippen LogP contribution in [0.25, 0.3) is 0 Å². The quantitative estimate of drug-likeness (QED) is 0.698. The molecule has 4 heteroatoms. The standard InChI is InChI=1S/C10H22FN3/c11-3-1-5-13-6-2-7-14(8-4-12)10-9-13/h1-10,12H2. The highest BCUT2D eigenvalue weighted by Gasteiger charge is 2.13. The molecule has 0 atom stereocenters. The zero-order valence-electron chi connectivity index (χ0n) is 8.92. The van der Waals surface area contributed by atoms with Gasteiger partial charge < -0.3 is 15.5 Å². The summed E-state index contributed by atoms with van der Waals surface area (Å²) in [6, 6.07) is 0. The van der Waals surface area contributed by atoms with Crippen LogP contribution in [0.5, 0.6) is 0 Å². The van der Waals surface area contributed by atoms with Crippen LogP contribution in [0, 0.1) is 0 Å². The fourth-order valence-electron chi connectivity index (χ4n) is 1.94. The van der Waals surface area contributed by atoms with Gasteiger partial charge in [0.25, 0.3) is 0 Å². The van der Waals surface area contributed by atoms with Crippen LogP contribution in [0.1, 0.15) is 12.8 Å². The monoisotopic (exact) mass is 203 g/mol.